The summed E-state index contributed by atoms with van der Waals surface area (Å²) in [6, 6.07) is 14.8. The Labute approximate surface area is 138 Å². The largest absolute Gasteiger partial charge is 0.480 e. The van der Waals surface area contributed by atoms with Crippen LogP contribution in [0.1, 0.15) is 33.2 Å². The summed E-state index contributed by atoms with van der Waals surface area (Å²) in [6.45, 7) is 1.64. The van der Waals surface area contributed by atoms with E-state index in [-0.39, 0.29) is 18.5 Å². The van der Waals surface area contributed by atoms with Gasteiger partial charge in [-0.2, -0.15) is 0 Å². The van der Waals surface area contributed by atoms with Gasteiger partial charge in [0.05, 0.1) is 6.04 Å². The van der Waals surface area contributed by atoms with Crippen molar-refractivity contribution in [3.8, 4) is 0 Å². The summed E-state index contributed by atoms with van der Waals surface area (Å²) in [5.41, 5.74) is 4.33. The monoisotopic (exact) mass is 320 g/mol. The number of carbonyl (C=O) groups is 2. The molecule has 1 atom stereocenters. The van der Waals surface area contributed by atoms with Gasteiger partial charge in [-0.25, -0.2) is 0 Å². The third kappa shape index (κ3) is 2.01. The topological polar surface area (TPSA) is 73.4 Å². The van der Waals surface area contributed by atoms with Gasteiger partial charge in [-0.05, 0) is 24.6 Å². The first kappa shape index (κ1) is 14.5. The number of carbonyl (C=O) groups excluding carboxylic acids is 1. The van der Waals surface area contributed by atoms with E-state index in [1.165, 1.54) is 4.90 Å². The van der Waals surface area contributed by atoms with Gasteiger partial charge in [0.25, 0.3) is 5.91 Å². The highest BCUT2D eigenvalue weighted by molar-refractivity contribution is 6.02. The highest BCUT2D eigenvalue weighted by atomic mass is 16.4. The minimum atomic E-state index is -1.02. The summed E-state index contributed by atoms with van der Waals surface area (Å²) in [5, 5.41) is 10.3. The number of aromatic amines is 1. The van der Waals surface area contributed by atoms with Crippen molar-refractivity contribution in [2.75, 3.05) is 6.54 Å². The molecule has 3 aromatic rings. The maximum atomic E-state index is 12.7. The molecule has 5 heteroatoms. The molecule has 0 unspecified atom stereocenters. The van der Waals surface area contributed by atoms with Crippen LogP contribution < -0.4 is 0 Å². The molecule has 0 spiro atoms. The number of para-hydroxylation sites is 1. The van der Waals surface area contributed by atoms with Gasteiger partial charge in [0.2, 0.25) is 0 Å². The SMILES string of the molecule is Cc1[nH]c2ccccc2c1[C@H]1c2ccccc2C(=O)N1CC(=O)O. The van der Waals surface area contributed by atoms with E-state index in [1.54, 1.807) is 12.1 Å². The molecule has 0 aliphatic carbocycles. The molecule has 0 saturated carbocycles. The van der Waals surface area contributed by atoms with Crippen LogP contribution in [0.2, 0.25) is 0 Å². The average Bonchev–Trinajstić information content (AvgIpc) is 3.02. The molecule has 2 N–H and O–H groups in total. The minimum absolute atomic E-state index is 0.234. The van der Waals surface area contributed by atoms with Crippen LogP contribution in [0.5, 0.6) is 0 Å². The van der Waals surface area contributed by atoms with Crippen LogP contribution in [0.4, 0.5) is 0 Å². The second-order valence-electron chi connectivity index (χ2n) is 6.03. The Hall–Kier alpha value is -3.08. The van der Waals surface area contributed by atoms with E-state index >= 15 is 0 Å². The maximum Gasteiger partial charge on any atom is 0.323 e. The van der Waals surface area contributed by atoms with Gasteiger partial charge in [0.1, 0.15) is 6.54 Å². The molecular weight excluding hydrogens is 304 g/mol. The Balaban J connectivity index is 1.97. The smallest absolute Gasteiger partial charge is 0.323 e. The summed E-state index contributed by atoms with van der Waals surface area (Å²) in [6.07, 6.45) is 0. The van der Waals surface area contributed by atoms with Crippen LogP contribution in [-0.4, -0.2) is 33.4 Å². The number of rotatable bonds is 3. The van der Waals surface area contributed by atoms with Crippen molar-refractivity contribution in [2.45, 2.75) is 13.0 Å². The molecule has 5 nitrogen and oxygen atoms in total. The number of carboxylic acids is 1. The predicted molar refractivity (Wildman–Crippen MR) is 90.0 cm³/mol. The molecule has 4 rings (SSSR count). The number of fused-ring (bicyclic) bond motifs is 2. The Morgan fingerprint density at radius 2 is 1.88 bits per heavy atom. The summed E-state index contributed by atoms with van der Waals surface area (Å²) in [4.78, 5) is 28.8. The number of nitrogens with zero attached hydrogens (tertiary/aromatic N) is 1. The molecule has 120 valence electrons. The van der Waals surface area contributed by atoms with E-state index in [1.807, 2.05) is 43.3 Å². The fourth-order valence-electron chi connectivity index (χ4n) is 3.64. The quantitative estimate of drug-likeness (QED) is 0.779. The molecule has 1 amide bonds. The number of amides is 1. The lowest BCUT2D eigenvalue weighted by Crippen LogP contribution is -2.34. The fourth-order valence-corrected chi connectivity index (χ4v) is 3.64. The molecule has 0 saturated heterocycles. The highest BCUT2D eigenvalue weighted by Crippen LogP contribution is 2.42. The summed E-state index contributed by atoms with van der Waals surface area (Å²) < 4.78 is 0. The van der Waals surface area contributed by atoms with E-state index < -0.39 is 5.97 Å². The van der Waals surface area contributed by atoms with Crippen LogP contribution in [0.15, 0.2) is 48.5 Å². The zero-order valence-corrected chi connectivity index (χ0v) is 13.1. The van der Waals surface area contributed by atoms with Crippen molar-refractivity contribution in [2.24, 2.45) is 0 Å². The average molecular weight is 320 g/mol. The third-order valence-corrected chi connectivity index (χ3v) is 4.58. The summed E-state index contributed by atoms with van der Waals surface area (Å²) in [7, 11) is 0. The van der Waals surface area contributed by atoms with E-state index in [0.29, 0.717) is 5.56 Å². The number of aliphatic carboxylic acids is 1. The molecule has 0 fully saturated rings. The van der Waals surface area contributed by atoms with Crippen molar-refractivity contribution >= 4 is 22.8 Å². The minimum Gasteiger partial charge on any atom is -0.480 e. The van der Waals surface area contributed by atoms with Crippen molar-refractivity contribution < 1.29 is 14.7 Å². The Kier molecular flexibility index (Phi) is 3.16. The van der Waals surface area contributed by atoms with E-state index in [4.69, 9.17) is 0 Å². The summed E-state index contributed by atoms with van der Waals surface area (Å²) >= 11 is 0. The number of carboxylic acid groups (broad SMARTS) is 1. The van der Waals surface area contributed by atoms with Gasteiger partial charge in [-0.1, -0.05) is 36.4 Å². The van der Waals surface area contributed by atoms with Crippen molar-refractivity contribution in [1.29, 1.82) is 0 Å². The van der Waals surface area contributed by atoms with Gasteiger partial charge in [-0.15, -0.1) is 0 Å². The first-order valence-electron chi connectivity index (χ1n) is 7.77. The maximum absolute atomic E-state index is 12.7. The Morgan fingerprint density at radius 1 is 1.17 bits per heavy atom. The Morgan fingerprint density at radius 3 is 2.67 bits per heavy atom. The second-order valence-corrected chi connectivity index (χ2v) is 6.03. The van der Waals surface area contributed by atoms with Crippen molar-refractivity contribution in [3.05, 3.63) is 70.9 Å². The number of benzene rings is 2. The van der Waals surface area contributed by atoms with Gasteiger partial charge in [-0.3, -0.25) is 9.59 Å². The predicted octanol–water partition coefficient (Wildman–Crippen LogP) is 3.11. The zero-order chi connectivity index (χ0) is 16.8. The van der Waals surface area contributed by atoms with E-state index in [0.717, 1.165) is 27.7 Å². The van der Waals surface area contributed by atoms with E-state index in [9.17, 15) is 14.7 Å². The second kappa shape index (κ2) is 5.23. The standard InChI is InChI=1S/C19H16N2O3/c1-11-17(14-8-4-5-9-15(14)20-11)18-12-6-2-3-7-13(12)19(24)21(18)10-16(22)23/h2-9,18,20H,10H2,1H3,(H,22,23)/t18-/m1/s1. The Bertz CT molecular complexity index is 974. The van der Waals surface area contributed by atoms with Crippen LogP contribution >= 0.6 is 0 Å². The number of aryl methyl sites for hydroxylation is 1. The first-order valence-corrected chi connectivity index (χ1v) is 7.77. The number of H-pyrrole nitrogens is 1. The highest BCUT2D eigenvalue weighted by Gasteiger charge is 2.40. The molecule has 0 radical (unpaired) electrons. The van der Waals surface area contributed by atoms with Gasteiger partial charge < -0.3 is 15.0 Å². The zero-order valence-electron chi connectivity index (χ0n) is 13.1. The molecule has 0 bridgehead atoms. The van der Waals surface area contributed by atoms with Gasteiger partial charge in [0, 0.05) is 27.7 Å². The number of aromatic nitrogens is 1. The molecule has 2 aromatic carbocycles. The normalized spacial score (nSPS) is 16.6. The van der Waals surface area contributed by atoms with E-state index in [2.05, 4.69) is 4.98 Å². The number of hydrogen-bond acceptors (Lipinski definition) is 2. The van der Waals surface area contributed by atoms with Crippen LogP contribution in [0.3, 0.4) is 0 Å². The molecule has 2 heterocycles. The lowest BCUT2D eigenvalue weighted by atomic mass is 9.95. The van der Waals surface area contributed by atoms with Crippen LogP contribution in [0.25, 0.3) is 10.9 Å². The van der Waals surface area contributed by atoms with Crippen LogP contribution in [0, 0.1) is 6.92 Å². The molecule has 1 aliphatic heterocycles. The molecule has 1 aliphatic rings. The van der Waals surface area contributed by atoms with Gasteiger partial charge >= 0.3 is 5.97 Å². The van der Waals surface area contributed by atoms with Crippen molar-refractivity contribution in [1.82, 2.24) is 9.88 Å². The lowest BCUT2D eigenvalue weighted by molar-refractivity contribution is -0.138. The fraction of sp³-hybridized carbons (Fsp3) is 0.158. The van der Waals surface area contributed by atoms with Gasteiger partial charge in [0.15, 0.2) is 0 Å². The number of hydrogen-bond donors (Lipinski definition) is 2. The van der Waals surface area contributed by atoms with Crippen molar-refractivity contribution in [3.63, 3.8) is 0 Å². The lowest BCUT2D eigenvalue weighted by Gasteiger charge is -2.24. The molecular formula is C19H16N2O3. The molecule has 24 heavy (non-hydrogen) atoms. The first-order chi connectivity index (χ1) is 11.6. The summed E-state index contributed by atoms with van der Waals surface area (Å²) in [5.74, 6) is -1.25. The molecule has 1 aromatic heterocycles. The van der Waals surface area contributed by atoms with Crippen LogP contribution in [-0.2, 0) is 4.79 Å². The third-order valence-electron chi connectivity index (χ3n) is 4.58. The number of nitrogens with one attached hydrogen (secondary N) is 1.